The fourth-order valence-corrected chi connectivity index (χ4v) is 1.49. The monoisotopic (exact) mass is 185 g/mol. The van der Waals surface area contributed by atoms with Crippen LogP contribution in [0.15, 0.2) is 0 Å². The summed E-state index contributed by atoms with van der Waals surface area (Å²) >= 11 is 0. The molecule has 1 fully saturated rings. The quantitative estimate of drug-likeness (QED) is 0.524. The summed E-state index contributed by atoms with van der Waals surface area (Å²) in [5.74, 6) is -0.0483. The fraction of sp³-hybridized carbons (Fsp3) is 0.900. The third-order valence-electron chi connectivity index (χ3n) is 2.27. The summed E-state index contributed by atoms with van der Waals surface area (Å²) in [5.41, 5.74) is 0. The molecule has 76 valence electrons. The molecule has 1 saturated heterocycles. The summed E-state index contributed by atoms with van der Waals surface area (Å²) in [6, 6.07) is 0. The van der Waals surface area contributed by atoms with E-state index in [-0.39, 0.29) is 12.2 Å². The third kappa shape index (κ3) is 4.27. The number of unbranched alkanes of at least 4 members (excludes halogenated alkanes) is 2. The number of rotatable bonds is 5. The molecule has 0 aliphatic carbocycles. The average Bonchev–Trinajstić information content (AvgIpc) is 2.57. The van der Waals surface area contributed by atoms with Gasteiger partial charge in [0.25, 0.3) is 0 Å². The van der Waals surface area contributed by atoms with Crippen molar-refractivity contribution in [3.63, 3.8) is 0 Å². The van der Waals surface area contributed by atoms with Crippen LogP contribution in [0.25, 0.3) is 0 Å². The van der Waals surface area contributed by atoms with E-state index in [1.165, 1.54) is 0 Å². The molecule has 0 spiro atoms. The molecule has 0 aromatic heterocycles. The van der Waals surface area contributed by atoms with Crippen LogP contribution in [0.2, 0.25) is 0 Å². The Balaban J connectivity index is 2.02. The lowest BCUT2D eigenvalue weighted by molar-refractivity contribution is -0.149. The number of nitrogens with one attached hydrogen (secondary N) is 1. The van der Waals surface area contributed by atoms with Gasteiger partial charge in [0, 0.05) is 6.42 Å². The maximum atomic E-state index is 11.2. The molecule has 13 heavy (non-hydrogen) atoms. The summed E-state index contributed by atoms with van der Waals surface area (Å²) in [6.45, 7) is 3.11. The lowest BCUT2D eigenvalue weighted by Gasteiger charge is -2.11. The lowest BCUT2D eigenvalue weighted by Crippen LogP contribution is -2.27. The van der Waals surface area contributed by atoms with Crippen LogP contribution in [0.1, 0.15) is 45.4 Å². The normalized spacial score (nSPS) is 21.8. The highest BCUT2D eigenvalue weighted by atomic mass is 16.6. The number of esters is 1. The Hall–Kier alpha value is -0.570. The van der Waals surface area contributed by atoms with E-state index >= 15 is 0 Å². The largest absolute Gasteiger partial charge is 0.447 e. The van der Waals surface area contributed by atoms with Gasteiger partial charge in [-0.05, 0) is 25.8 Å². The molecule has 1 N–H and O–H groups in total. The first kappa shape index (κ1) is 10.5. The Morgan fingerprint density at radius 2 is 2.38 bits per heavy atom. The highest BCUT2D eigenvalue weighted by molar-refractivity contribution is 5.69. The van der Waals surface area contributed by atoms with Crippen molar-refractivity contribution in [2.24, 2.45) is 0 Å². The van der Waals surface area contributed by atoms with E-state index in [4.69, 9.17) is 4.74 Å². The van der Waals surface area contributed by atoms with Gasteiger partial charge in [0.1, 0.15) is 0 Å². The van der Waals surface area contributed by atoms with Gasteiger partial charge in [-0.2, -0.15) is 0 Å². The molecular formula is C10H19NO2. The van der Waals surface area contributed by atoms with Gasteiger partial charge in [0.15, 0.2) is 6.23 Å². The van der Waals surface area contributed by atoms with Crippen molar-refractivity contribution in [2.75, 3.05) is 6.54 Å². The van der Waals surface area contributed by atoms with Crippen LogP contribution >= 0.6 is 0 Å². The zero-order valence-electron chi connectivity index (χ0n) is 8.34. The first-order valence-electron chi connectivity index (χ1n) is 5.26. The molecule has 0 saturated carbocycles. The Labute approximate surface area is 79.8 Å². The number of carbonyl (C=O) groups is 1. The number of carbonyl (C=O) groups excluding carboxylic acids is 1. The van der Waals surface area contributed by atoms with Crippen molar-refractivity contribution in [3.05, 3.63) is 0 Å². The molecule has 1 unspecified atom stereocenters. The molecule has 0 bridgehead atoms. The van der Waals surface area contributed by atoms with Gasteiger partial charge in [-0.3, -0.25) is 10.1 Å². The van der Waals surface area contributed by atoms with E-state index in [0.717, 1.165) is 38.6 Å². The van der Waals surface area contributed by atoms with Crippen LogP contribution in [0.4, 0.5) is 0 Å². The van der Waals surface area contributed by atoms with Crippen LogP contribution in [0.3, 0.4) is 0 Å². The molecule has 1 aliphatic heterocycles. The van der Waals surface area contributed by atoms with E-state index in [9.17, 15) is 4.79 Å². The lowest BCUT2D eigenvalue weighted by atomic mass is 10.2. The predicted molar refractivity (Wildman–Crippen MR) is 51.3 cm³/mol. The maximum Gasteiger partial charge on any atom is 0.307 e. The summed E-state index contributed by atoms with van der Waals surface area (Å²) in [7, 11) is 0. The Bertz CT molecular complexity index is 153. The van der Waals surface area contributed by atoms with Gasteiger partial charge >= 0.3 is 5.97 Å². The zero-order chi connectivity index (χ0) is 9.52. The van der Waals surface area contributed by atoms with Crippen LogP contribution in [-0.4, -0.2) is 18.7 Å². The molecule has 0 aromatic rings. The second-order valence-electron chi connectivity index (χ2n) is 3.53. The smallest absolute Gasteiger partial charge is 0.307 e. The average molecular weight is 185 g/mol. The Kier molecular flexibility index (Phi) is 4.83. The summed E-state index contributed by atoms with van der Waals surface area (Å²) < 4.78 is 5.21. The van der Waals surface area contributed by atoms with Crippen LogP contribution < -0.4 is 5.32 Å². The highest BCUT2D eigenvalue weighted by Crippen LogP contribution is 2.08. The van der Waals surface area contributed by atoms with Gasteiger partial charge < -0.3 is 4.74 Å². The first-order valence-corrected chi connectivity index (χ1v) is 5.26. The maximum absolute atomic E-state index is 11.2. The van der Waals surface area contributed by atoms with Gasteiger partial charge in [0.2, 0.25) is 0 Å². The molecule has 3 heteroatoms. The van der Waals surface area contributed by atoms with Crippen LogP contribution in [0.5, 0.6) is 0 Å². The minimum Gasteiger partial charge on any atom is -0.447 e. The van der Waals surface area contributed by atoms with E-state index in [0.29, 0.717) is 6.42 Å². The summed E-state index contributed by atoms with van der Waals surface area (Å²) in [6.07, 6.45) is 5.89. The number of hydrogen-bond donors (Lipinski definition) is 1. The Morgan fingerprint density at radius 3 is 3.00 bits per heavy atom. The van der Waals surface area contributed by atoms with Gasteiger partial charge in [-0.1, -0.05) is 19.8 Å². The van der Waals surface area contributed by atoms with Crippen molar-refractivity contribution in [2.45, 2.75) is 51.7 Å². The summed E-state index contributed by atoms with van der Waals surface area (Å²) in [4.78, 5) is 11.2. The van der Waals surface area contributed by atoms with E-state index in [2.05, 4.69) is 12.2 Å². The van der Waals surface area contributed by atoms with Crippen molar-refractivity contribution >= 4 is 5.97 Å². The van der Waals surface area contributed by atoms with Crippen LogP contribution in [-0.2, 0) is 9.53 Å². The molecule has 3 nitrogen and oxygen atoms in total. The second-order valence-corrected chi connectivity index (χ2v) is 3.53. The molecule has 1 heterocycles. The fourth-order valence-electron chi connectivity index (χ4n) is 1.49. The van der Waals surface area contributed by atoms with Crippen molar-refractivity contribution in [1.29, 1.82) is 0 Å². The van der Waals surface area contributed by atoms with E-state index < -0.39 is 0 Å². The molecule has 1 rings (SSSR count). The van der Waals surface area contributed by atoms with Crippen molar-refractivity contribution < 1.29 is 9.53 Å². The molecule has 0 amide bonds. The predicted octanol–water partition coefficient (Wildman–Crippen LogP) is 1.82. The number of hydrogen-bond acceptors (Lipinski definition) is 3. The van der Waals surface area contributed by atoms with Gasteiger partial charge in [-0.15, -0.1) is 0 Å². The zero-order valence-corrected chi connectivity index (χ0v) is 8.34. The molecule has 0 aromatic carbocycles. The minimum absolute atomic E-state index is 0.00544. The third-order valence-corrected chi connectivity index (χ3v) is 2.27. The highest BCUT2D eigenvalue weighted by Gasteiger charge is 2.17. The topological polar surface area (TPSA) is 38.3 Å². The van der Waals surface area contributed by atoms with E-state index in [1.54, 1.807) is 0 Å². The van der Waals surface area contributed by atoms with Crippen LogP contribution in [0, 0.1) is 0 Å². The van der Waals surface area contributed by atoms with Gasteiger partial charge in [-0.25, -0.2) is 0 Å². The summed E-state index contributed by atoms with van der Waals surface area (Å²) in [5, 5.41) is 3.13. The Morgan fingerprint density at radius 1 is 1.54 bits per heavy atom. The SMILES string of the molecule is CCCCCC(=O)OC1CCCN1. The number of ether oxygens (including phenoxy) is 1. The molecule has 1 aliphatic rings. The van der Waals surface area contributed by atoms with E-state index in [1.807, 2.05) is 0 Å². The molecular weight excluding hydrogens is 166 g/mol. The second kappa shape index (κ2) is 5.97. The molecule has 0 radical (unpaired) electrons. The van der Waals surface area contributed by atoms with Gasteiger partial charge in [0.05, 0.1) is 0 Å². The molecule has 1 atom stereocenters. The standard InChI is InChI=1S/C10H19NO2/c1-2-3-4-7-10(12)13-9-6-5-8-11-9/h9,11H,2-8H2,1H3. The van der Waals surface area contributed by atoms with Crippen molar-refractivity contribution in [3.8, 4) is 0 Å². The first-order chi connectivity index (χ1) is 6.33. The van der Waals surface area contributed by atoms with Crippen molar-refractivity contribution in [1.82, 2.24) is 5.32 Å². The minimum atomic E-state index is -0.0483.